The number of nitrogens with one attached hydrogen (secondary N) is 1. The van der Waals surface area contributed by atoms with Gasteiger partial charge < -0.3 is 15.2 Å². The van der Waals surface area contributed by atoms with Crippen LogP contribution in [0.4, 0.5) is 4.79 Å². The van der Waals surface area contributed by atoms with Crippen molar-refractivity contribution in [2.75, 3.05) is 0 Å². The largest absolute Gasteiger partial charge is 0.480 e. The SMILES string of the molecule is CC(C)(C)OC(=O)[15NH][C@@H](Cc1ccccc1)C(=O)O. The van der Waals surface area contributed by atoms with E-state index in [-0.39, 0.29) is 6.42 Å². The molecule has 1 aromatic rings. The molecular weight excluding hydrogens is 247 g/mol. The van der Waals surface area contributed by atoms with E-state index < -0.39 is 23.7 Å². The number of ether oxygens (including phenoxy) is 1. The molecule has 19 heavy (non-hydrogen) atoms. The quantitative estimate of drug-likeness (QED) is 0.819. The number of hydrogen-bond donors (Lipinski definition) is 2. The summed E-state index contributed by atoms with van der Waals surface area (Å²) in [6, 6.07) is 8.11. The van der Waals surface area contributed by atoms with E-state index in [0.29, 0.717) is 0 Å². The van der Waals surface area contributed by atoms with E-state index in [1.807, 2.05) is 30.3 Å². The minimum atomic E-state index is -1.09. The van der Waals surface area contributed by atoms with Gasteiger partial charge in [0.2, 0.25) is 0 Å². The molecule has 0 fully saturated rings. The highest BCUT2D eigenvalue weighted by molar-refractivity contribution is 5.80. The lowest BCUT2D eigenvalue weighted by molar-refractivity contribution is -0.139. The molecule has 1 aromatic carbocycles. The van der Waals surface area contributed by atoms with Crippen molar-refractivity contribution < 1.29 is 19.4 Å². The van der Waals surface area contributed by atoms with Gasteiger partial charge >= 0.3 is 12.1 Å². The van der Waals surface area contributed by atoms with Gasteiger partial charge in [-0.25, -0.2) is 9.59 Å². The van der Waals surface area contributed by atoms with Gasteiger partial charge in [-0.15, -0.1) is 0 Å². The zero-order valence-electron chi connectivity index (χ0n) is 11.3. The standard InChI is InChI=1S/C14H19NO4/c1-14(2,3)19-13(18)15-11(12(16)17)9-10-7-5-4-6-8-10/h4-8,11H,9H2,1-3H3,(H,15,18)(H,16,17)/t11-/m0/s1/i15+1. The zero-order valence-corrected chi connectivity index (χ0v) is 11.3. The summed E-state index contributed by atoms with van der Waals surface area (Å²) in [5.74, 6) is -1.09. The average Bonchev–Trinajstić information content (AvgIpc) is 2.26. The van der Waals surface area contributed by atoms with E-state index in [4.69, 9.17) is 9.84 Å². The van der Waals surface area contributed by atoms with Gasteiger partial charge in [-0.1, -0.05) is 30.3 Å². The molecule has 0 aliphatic rings. The minimum absolute atomic E-state index is 0.218. The Morgan fingerprint density at radius 2 is 1.84 bits per heavy atom. The Kier molecular flexibility index (Phi) is 4.92. The number of carbonyl (C=O) groups is 2. The van der Waals surface area contributed by atoms with Gasteiger partial charge in [-0.05, 0) is 26.3 Å². The molecule has 1 amide bonds. The van der Waals surface area contributed by atoms with Crippen molar-refractivity contribution in [2.24, 2.45) is 0 Å². The second kappa shape index (κ2) is 6.22. The van der Waals surface area contributed by atoms with Crippen LogP contribution in [0.3, 0.4) is 0 Å². The molecule has 0 saturated heterocycles. The van der Waals surface area contributed by atoms with Crippen LogP contribution in [-0.2, 0) is 16.0 Å². The first-order chi connectivity index (χ1) is 8.78. The maximum absolute atomic E-state index is 11.6. The smallest absolute Gasteiger partial charge is 0.408 e. The van der Waals surface area contributed by atoms with Crippen LogP contribution in [0.1, 0.15) is 26.3 Å². The molecule has 0 aliphatic heterocycles. The van der Waals surface area contributed by atoms with E-state index in [9.17, 15) is 9.59 Å². The molecule has 1 rings (SSSR count). The number of carbonyl (C=O) groups excluding carboxylic acids is 1. The van der Waals surface area contributed by atoms with Crippen LogP contribution >= 0.6 is 0 Å². The monoisotopic (exact) mass is 266 g/mol. The zero-order chi connectivity index (χ0) is 14.5. The average molecular weight is 266 g/mol. The molecule has 0 aliphatic carbocycles. The molecule has 5 heteroatoms. The molecule has 5 nitrogen and oxygen atoms in total. The van der Waals surface area contributed by atoms with Gasteiger partial charge in [0.25, 0.3) is 0 Å². The highest BCUT2D eigenvalue weighted by Gasteiger charge is 2.23. The first-order valence-electron chi connectivity index (χ1n) is 6.04. The summed E-state index contributed by atoms with van der Waals surface area (Å²) in [5, 5.41) is 11.5. The van der Waals surface area contributed by atoms with Crippen molar-refractivity contribution in [3.05, 3.63) is 35.9 Å². The molecule has 2 N–H and O–H groups in total. The molecule has 0 bridgehead atoms. The number of aliphatic carboxylic acids is 1. The summed E-state index contributed by atoms with van der Waals surface area (Å²) in [4.78, 5) is 22.7. The lowest BCUT2D eigenvalue weighted by atomic mass is 10.1. The normalized spacial score (nSPS) is 12.6. The fourth-order valence-corrected chi connectivity index (χ4v) is 1.50. The fourth-order valence-electron chi connectivity index (χ4n) is 1.50. The van der Waals surface area contributed by atoms with E-state index in [1.54, 1.807) is 20.8 Å². The predicted octanol–water partition coefficient (Wildman–Crippen LogP) is 2.21. The molecule has 0 heterocycles. The highest BCUT2D eigenvalue weighted by atomic mass is 16.6. The Balaban J connectivity index is 2.64. The molecule has 1 atom stereocenters. The maximum Gasteiger partial charge on any atom is 0.408 e. The summed E-state index contributed by atoms with van der Waals surface area (Å²) in [7, 11) is 0. The topological polar surface area (TPSA) is 75.6 Å². The number of rotatable bonds is 4. The second-order valence-electron chi connectivity index (χ2n) is 5.23. The van der Waals surface area contributed by atoms with Crippen molar-refractivity contribution in [1.29, 1.82) is 0 Å². The molecule has 0 saturated carbocycles. The lowest BCUT2D eigenvalue weighted by Gasteiger charge is -2.22. The number of carboxylic acid groups (broad SMARTS) is 1. The minimum Gasteiger partial charge on any atom is -0.480 e. The van der Waals surface area contributed by atoms with E-state index in [1.165, 1.54) is 0 Å². The summed E-state index contributed by atoms with van der Waals surface area (Å²) in [6.07, 6.45) is -0.508. The Labute approximate surface area is 112 Å². The Bertz CT molecular complexity index is 437. The van der Waals surface area contributed by atoms with Crippen LogP contribution in [0.15, 0.2) is 30.3 Å². The molecule has 0 spiro atoms. The van der Waals surface area contributed by atoms with Crippen LogP contribution in [0.2, 0.25) is 0 Å². The fraction of sp³-hybridized carbons (Fsp3) is 0.429. The third kappa shape index (κ3) is 5.90. The Morgan fingerprint density at radius 1 is 1.26 bits per heavy atom. The van der Waals surface area contributed by atoms with Crippen LogP contribution in [0.25, 0.3) is 0 Å². The van der Waals surface area contributed by atoms with E-state index >= 15 is 0 Å². The van der Waals surface area contributed by atoms with E-state index in [2.05, 4.69) is 5.32 Å². The number of amides is 1. The second-order valence-corrected chi connectivity index (χ2v) is 5.23. The van der Waals surface area contributed by atoms with Gasteiger partial charge in [-0.3, -0.25) is 0 Å². The Hall–Kier alpha value is -2.04. The summed E-state index contributed by atoms with van der Waals surface area (Å²) in [5.41, 5.74) is 0.186. The molecular formula is C14H19NO4. The highest BCUT2D eigenvalue weighted by Crippen LogP contribution is 2.08. The van der Waals surface area contributed by atoms with E-state index in [0.717, 1.165) is 5.56 Å². The van der Waals surface area contributed by atoms with Gasteiger partial charge in [0.15, 0.2) is 0 Å². The van der Waals surface area contributed by atoms with Crippen LogP contribution in [0.5, 0.6) is 0 Å². The van der Waals surface area contributed by atoms with Crippen molar-refractivity contribution in [2.45, 2.75) is 38.8 Å². The molecule has 0 unspecified atom stereocenters. The first-order valence-corrected chi connectivity index (χ1v) is 6.04. The molecule has 0 aromatic heterocycles. The van der Waals surface area contributed by atoms with Crippen molar-refractivity contribution in [3.63, 3.8) is 0 Å². The lowest BCUT2D eigenvalue weighted by Crippen LogP contribution is -2.44. The number of hydrogen-bond acceptors (Lipinski definition) is 3. The Morgan fingerprint density at radius 3 is 2.32 bits per heavy atom. The predicted molar refractivity (Wildman–Crippen MR) is 70.9 cm³/mol. The number of benzene rings is 1. The summed E-state index contributed by atoms with van der Waals surface area (Å²) >= 11 is 0. The van der Waals surface area contributed by atoms with Crippen LogP contribution < -0.4 is 5.32 Å². The first kappa shape index (κ1) is 15.0. The number of carboxylic acids is 1. The van der Waals surface area contributed by atoms with Crippen molar-refractivity contribution in [1.82, 2.24) is 5.32 Å². The summed E-state index contributed by atoms with van der Waals surface area (Å²) in [6.45, 7) is 5.17. The van der Waals surface area contributed by atoms with Crippen LogP contribution in [0, 0.1) is 0 Å². The maximum atomic E-state index is 11.6. The third-order valence-electron chi connectivity index (χ3n) is 2.27. The molecule has 104 valence electrons. The number of alkyl carbamates (subject to hydrolysis) is 1. The van der Waals surface area contributed by atoms with Crippen molar-refractivity contribution in [3.8, 4) is 0 Å². The summed E-state index contributed by atoms with van der Waals surface area (Å²) < 4.78 is 5.04. The van der Waals surface area contributed by atoms with Gasteiger partial charge in [0.05, 0.1) is 0 Å². The van der Waals surface area contributed by atoms with Crippen molar-refractivity contribution >= 4 is 12.1 Å². The van der Waals surface area contributed by atoms with Gasteiger partial charge in [-0.2, -0.15) is 0 Å². The van der Waals surface area contributed by atoms with Crippen LogP contribution in [-0.4, -0.2) is 28.8 Å². The third-order valence-corrected chi connectivity index (χ3v) is 2.27. The molecule has 0 radical (unpaired) electrons. The van der Waals surface area contributed by atoms with Gasteiger partial charge in [0.1, 0.15) is 11.6 Å². The van der Waals surface area contributed by atoms with Gasteiger partial charge in [0, 0.05) is 6.42 Å².